The molecule has 0 aliphatic rings. The largest absolute Gasteiger partial charge is 0.495 e. The average Bonchev–Trinajstić information content (AvgIpc) is 2.67. The molecule has 2 aromatic heterocycles. The smallest absolute Gasteiger partial charge is 0.227 e. The van der Waals surface area contributed by atoms with Crippen LogP contribution in [0.4, 0.5) is 17.5 Å². The van der Waals surface area contributed by atoms with Crippen LogP contribution in [0.3, 0.4) is 0 Å². The molecule has 3 aromatic rings. The summed E-state index contributed by atoms with van der Waals surface area (Å²) in [6, 6.07) is 11.3. The molecule has 0 atom stereocenters. The minimum atomic E-state index is 0.543. The van der Waals surface area contributed by atoms with Gasteiger partial charge in [-0.15, -0.1) is 0 Å². The second-order valence-electron chi connectivity index (χ2n) is 5.74. The molecule has 0 aliphatic heterocycles. The summed E-state index contributed by atoms with van der Waals surface area (Å²) in [6.45, 7) is 0.807. The lowest BCUT2D eigenvalue weighted by Crippen LogP contribution is -2.22. The molecule has 134 valence electrons. The van der Waals surface area contributed by atoms with Crippen molar-refractivity contribution in [3.05, 3.63) is 65.6 Å². The topological polar surface area (TPSA) is 63.2 Å². The maximum atomic E-state index is 6.17. The first-order valence-electron chi connectivity index (χ1n) is 8.19. The Labute approximate surface area is 157 Å². The van der Waals surface area contributed by atoms with E-state index >= 15 is 0 Å². The van der Waals surface area contributed by atoms with Crippen molar-refractivity contribution in [1.82, 2.24) is 15.0 Å². The van der Waals surface area contributed by atoms with Crippen molar-refractivity contribution in [3.63, 3.8) is 0 Å². The average molecular weight is 370 g/mol. The molecule has 0 saturated carbocycles. The summed E-state index contributed by atoms with van der Waals surface area (Å²) in [5.74, 6) is 1.99. The number of ether oxygens (including phenoxy) is 1. The molecule has 0 radical (unpaired) electrons. The normalized spacial score (nSPS) is 10.4. The van der Waals surface area contributed by atoms with E-state index in [-0.39, 0.29) is 0 Å². The molecule has 2 heterocycles. The van der Waals surface area contributed by atoms with Gasteiger partial charge in [-0.05, 0) is 48.4 Å². The first-order chi connectivity index (χ1) is 12.7. The van der Waals surface area contributed by atoms with E-state index < -0.39 is 0 Å². The van der Waals surface area contributed by atoms with Gasteiger partial charge < -0.3 is 15.0 Å². The van der Waals surface area contributed by atoms with Crippen molar-refractivity contribution in [3.8, 4) is 5.75 Å². The number of rotatable bonds is 7. The summed E-state index contributed by atoms with van der Waals surface area (Å²) in [4.78, 5) is 15.0. The van der Waals surface area contributed by atoms with Crippen LogP contribution in [0.1, 0.15) is 5.56 Å². The van der Waals surface area contributed by atoms with Crippen molar-refractivity contribution in [2.75, 3.05) is 30.9 Å². The van der Waals surface area contributed by atoms with Crippen LogP contribution in [0.2, 0.25) is 5.02 Å². The molecule has 0 saturated heterocycles. The van der Waals surface area contributed by atoms with E-state index in [9.17, 15) is 0 Å². The highest BCUT2D eigenvalue weighted by atomic mass is 35.5. The van der Waals surface area contributed by atoms with Gasteiger partial charge >= 0.3 is 0 Å². The van der Waals surface area contributed by atoms with Crippen molar-refractivity contribution in [1.29, 1.82) is 0 Å². The number of hydrogen-bond donors (Lipinski definition) is 1. The Hall–Kier alpha value is -2.86. The second-order valence-corrected chi connectivity index (χ2v) is 6.15. The third-order valence-corrected chi connectivity index (χ3v) is 4.19. The van der Waals surface area contributed by atoms with Crippen LogP contribution in [-0.2, 0) is 6.42 Å². The van der Waals surface area contributed by atoms with Gasteiger partial charge in [0, 0.05) is 37.9 Å². The maximum Gasteiger partial charge on any atom is 0.227 e. The Morgan fingerprint density at radius 1 is 1.12 bits per heavy atom. The number of anilines is 3. The number of pyridine rings is 1. The molecule has 1 aromatic carbocycles. The summed E-state index contributed by atoms with van der Waals surface area (Å²) in [5, 5.41) is 3.78. The van der Waals surface area contributed by atoms with Crippen LogP contribution in [0, 0.1) is 0 Å². The Kier molecular flexibility index (Phi) is 5.86. The van der Waals surface area contributed by atoms with Crippen LogP contribution in [-0.4, -0.2) is 35.7 Å². The molecule has 0 bridgehead atoms. The lowest BCUT2D eigenvalue weighted by molar-refractivity contribution is 0.415. The van der Waals surface area contributed by atoms with Gasteiger partial charge in [0.1, 0.15) is 11.6 Å². The third-order valence-electron chi connectivity index (χ3n) is 3.89. The summed E-state index contributed by atoms with van der Waals surface area (Å²) in [7, 11) is 3.57. The molecule has 0 fully saturated rings. The van der Waals surface area contributed by atoms with Gasteiger partial charge in [-0.3, -0.25) is 4.98 Å². The van der Waals surface area contributed by atoms with E-state index in [2.05, 4.69) is 20.3 Å². The molecule has 0 unspecified atom stereocenters. The fourth-order valence-electron chi connectivity index (χ4n) is 2.44. The second kappa shape index (κ2) is 8.49. The molecule has 7 heteroatoms. The predicted molar refractivity (Wildman–Crippen MR) is 105 cm³/mol. The molecule has 0 aliphatic carbocycles. The van der Waals surface area contributed by atoms with E-state index in [1.54, 1.807) is 31.8 Å². The monoisotopic (exact) mass is 369 g/mol. The minimum absolute atomic E-state index is 0.543. The first kappa shape index (κ1) is 17.9. The number of aromatic nitrogens is 3. The standard InChI is InChI=1S/C19H20ClN5O/c1-25(12-8-14-5-9-21-10-6-14)19-22-11-7-18(24-19)23-15-3-4-17(26-2)16(20)13-15/h3-7,9-11,13H,8,12H2,1-2H3,(H,22,23,24). The SMILES string of the molecule is COc1ccc(Nc2ccnc(N(C)CCc3ccncc3)n2)cc1Cl. The lowest BCUT2D eigenvalue weighted by atomic mass is 10.2. The summed E-state index contributed by atoms with van der Waals surface area (Å²) in [6.07, 6.45) is 6.24. The van der Waals surface area contributed by atoms with Gasteiger partial charge in [0.2, 0.25) is 5.95 Å². The first-order valence-corrected chi connectivity index (χ1v) is 8.57. The van der Waals surface area contributed by atoms with E-state index in [4.69, 9.17) is 16.3 Å². The zero-order chi connectivity index (χ0) is 18.4. The van der Waals surface area contributed by atoms with Crippen LogP contribution in [0.15, 0.2) is 55.0 Å². The van der Waals surface area contributed by atoms with E-state index in [0.717, 1.165) is 18.7 Å². The van der Waals surface area contributed by atoms with E-state index in [0.29, 0.717) is 22.5 Å². The Balaban J connectivity index is 1.66. The van der Waals surface area contributed by atoms with E-state index in [1.165, 1.54) is 5.56 Å². The number of nitrogens with one attached hydrogen (secondary N) is 1. The quantitative estimate of drug-likeness (QED) is 0.680. The molecule has 0 amide bonds. The highest BCUT2D eigenvalue weighted by molar-refractivity contribution is 6.32. The van der Waals surface area contributed by atoms with Gasteiger partial charge in [-0.1, -0.05) is 11.6 Å². The summed E-state index contributed by atoms with van der Waals surface area (Å²) in [5.41, 5.74) is 2.06. The molecule has 1 N–H and O–H groups in total. The van der Waals surface area contributed by atoms with Crippen LogP contribution in [0.5, 0.6) is 5.75 Å². The van der Waals surface area contributed by atoms with Crippen molar-refractivity contribution in [2.45, 2.75) is 6.42 Å². The Bertz CT molecular complexity index is 860. The van der Waals surface area contributed by atoms with Crippen molar-refractivity contribution in [2.24, 2.45) is 0 Å². The molecule has 3 rings (SSSR count). The van der Waals surface area contributed by atoms with Gasteiger partial charge in [-0.2, -0.15) is 4.98 Å². The van der Waals surface area contributed by atoms with Gasteiger partial charge in [-0.25, -0.2) is 4.98 Å². The summed E-state index contributed by atoms with van der Waals surface area (Å²) >= 11 is 6.17. The Morgan fingerprint density at radius 2 is 1.92 bits per heavy atom. The molecular weight excluding hydrogens is 350 g/mol. The lowest BCUT2D eigenvalue weighted by Gasteiger charge is -2.17. The van der Waals surface area contributed by atoms with E-state index in [1.807, 2.05) is 42.3 Å². The fraction of sp³-hybridized carbons (Fsp3) is 0.211. The van der Waals surface area contributed by atoms with Crippen molar-refractivity contribution >= 4 is 29.1 Å². The molecule has 0 spiro atoms. The van der Waals surface area contributed by atoms with Crippen LogP contribution in [0.25, 0.3) is 0 Å². The van der Waals surface area contributed by atoms with Crippen LogP contribution < -0.4 is 15.0 Å². The zero-order valence-electron chi connectivity index (χ0n) is 14.7. The number of benzene rings is 1. The third kappa shape index (κ3) is 4.61. The number of likely N-dealkylation sites (N-methyl/N-ethyl adjacent to an activating group) is 1. The fourth-order valence-corrected chi connectivity index (χ4v) is 2.70. The maximum absolute atomic E-state index is 6.17. The number of methoxy groups -OCH3 is 1. The minimum Gasteiger partial charge on any atom is -0.495 e. The van der Waals surface area contributed by atoms with Gasteiger partial charge in [0.25, 0.3) is 0 Å². The number of hydrogen-bond acceptors (Lipinski definition) is 6. The molecular formula is C19H20ClN5O. The summed E-state index contributed by atoms with van der Waals surface area (Å²) < 4.78 is 5.17. The van der Waals surface area contributed by atoms with Crippen molar-refractivity contribution < 1.29 is 4.74 Å². The zero-order valence-corrected chi connectivity index (χ0v) is 15.4. The Morgan fingerprint density at radius 3 is 2.65 bits per heavy atom. The van der Waals surface area contributed by atoms with Gasteiger partial charge in [0.05, 0.1) is 12.1 Å². The number of halogens is 1. The van der Waals surface area contributed by atoms with Crippen LogP contribution >= 0.6 is 11.6 Å². The predicted octanol–water partition coefficient (Wildman–Crippen LogP) is 3.96. The van der Waals surface area contributed by atoms with Gasteiger partial charge in [0.15, 0.2) is 0 Å². The molecule has 6 nitrogen and oxygen atoms in total. The highest BCUT2D eigenvalue weighted by Crippen LogP contribution is 2.28. The highest BCUT2D eigenvalue weighted by Gasteiger charge is 2.07. The number of nitrogens with zero attached hydrogens (tertiary/aromatic N) is 4. The molecule has 26 heavy (non-hydrogen) atoms.